The van der Waals surface area contributed by atoms with Crippen LogP contribution in [0, 0.1) is 0 Å². The zero-order valence-electron chi connectivity index (χ0n) is 17.7. The minimum atomic E-state index is -0.690. The Morgan fingerprint density at radius 2 is 1.44 bits per heavy atom. The number of azide groups is 1. The van der Waals surface area contributed by atoms with Crippen molar-refractivity contribution < 1.29 is 14.6 Å². The van der Waals surface area contributed by atoms with Crippen molar-refractivity contribution in [1.82, 2.24) is 0 Å². The monoisotopic (exact) mass is 383 g/mol. The van der Waals surface area contributed by atoms with Gasteiger partial charge >= 0.3 is 0 Å². The van der Waals surface area contributed by atoms with Gasteiger partial charge in [0.15, 0.2) is 5.79 Å². The first-order valence-electron chi connectivity index (χ1n) is 11.0. The van der Waals surface area contributed by atoms with E-state index in [2.05, 4.69) is 16.9 Å². The predicted molar refractivity (Wildman–Crippen MR) is 110 cm³/mol. The van der Waals surface area contributed by atoms with Crippen LogP contribution in [-0.4, -0.2) is 35.8 Å². The summed E-state index contributed by atoms with van der Waals surface area (Å²) >= 11 is 0. The van der Waals surface area contributed by atoms with Gasteiger partial charge in [0.05, 0.1) is 24.9 Å². The van der Waals surface area contributed by atoms with Crippen LogP contribution >= 0.6 is 0 Å². The molecule has 1 aliphatic heterocycles. The van der Waals surface area contributed by atoms with Gasteiger partial charge in [-0.3, -0.25) is 0 Å². The van der Waals surface area contributed by atoms with Crippen LogP contribution in [0.25, 0.3) is 10.4 Å². The second-order valence-corrected chi connectivity index (χ2v) is 8.27. The van der Waals surface area contributed by atoms with Crippen LogP contribution < -0.4 is 0 Å². The molecule has 158 valence electrons. The van der Waals surface area contributed by atoms with Gasteiger partial charge in [-0.05, 0) is 25.8 Å². The first-order valence-corrected chi connectivity index (χ1v) is 11.0. The molecule has 1 N–H and O–H groups in total. The molecule has 0 aromatic rings. The second kappa shape index (κ2) is 14.2. The molecule has 27 heavy (non-hydrogen) atoms. The van der Waals surface area contributed by atoms with E-state index in [0.717, 1.165) is 12.8 Å². The Morgan fingerprint density at radius 3 is 1.93 bits per heavy atom. The second-order valence-electron chi connectivity index (χ2n) is 8.27. The normalized spacial score (nSPS) is 22.5. The fourth-order valence-electron chi connectivity index (χ4n) is 3.87. The SMILES string of the molecule is CCCCCCCCCCCCCC[C@H]1OC(C)(C)O[C@H]1C(CO)N=[N+]=[N-]. The Bertz CT molecular complexity index is 425. The number of hydrogen-bond donors (Lipinski definition) is 1. The van der Waals surface area contributed by atoms with E-state index in [-0.39, 0.29) is 18.8 Å². The van der Waals surface area contributed by atoms with Crippen LogP contribution in [0.3, 0.4) is 0 Å². The summed E-state index contributed by atoms with van der Waals surface area (Å²) in [7, 11) is 0. The molecule has 0 radical (unpaired) electrons. The number of unbranched alkanes of at least 4 members (excludes halogenated alkanes) is 11. The molecular formula is C21H41N3O3. The van der Waals surface area contributed by atoms with E-state index < -0.39 is 11.8 Å². The summed E-state index contributed by atoms with van der Waals surface area (Å²) in [5.74, 6) is -0.690. The van der Waals surface area contributed by atoms with E-state index >= 15 is 0 Å². The van der Waals surface area contributed by atoms with Crippen LogP contribution in [0.5, 0.6) is 0 Å². The standard InChI is InChI=1S/C21H41N3O3/c1-4-5-6-7-8-9-10-11-12-13-14-15-16-19-20(18(17-25)23-24-22)27-21(2,3)26-19/h18-20,25H,4-17H2,1-3H3/t18?,19-,20+/m1/s1. The quantitative estimate of drug-likeness (QED) is 0.147. The van der Waals surface area contributed by atoms with Crippen LogP contribution in [0.4, 0.5) is 0 Å². The lowest BCUT2D eigenvalue weighted by Crippen LogP contribution is -2.36. The lowest BCUT2D eigenvalue weighted by atomic mass is 10.00. The van der Waals surface area contributed by atoms with Gasteiger partial charge in [-0.25, -0.2) is 0 Å². The Hall–Kier alpha value is -0.810. The number of hydrogen-bond acceptors (Lipinski definition) is 4. The maximum absolute atomic E-state index is 9.48. The summed E-state index contributed by atoms with van der Waals surface area (Å²) in [6, 6.07) is -0.584. The molecule has 0 spiro atoms. The maximum Gasteiger partial charge on any atom is 0.163 e. The van der Waals surface area contributed by atoms with Gasteiger partial charge in [0.1, 0.15) is 0 Å². The third-order valence-corrected chi connectivity index (χ3v) is 5.33. The summed E-state index contributed by atoms with van der Waals surface area (Å²) in [5, 5.41) is 13.2. The fourth-order valence-corrected chi connectivity index (χ4v) is 3.87. The molecule has 1 heterocycles. The Labute approximate surface area is 165 Å². The fraction of sp³-hybridized carbons (Fsp3) is 1.00. The summed E-state index contributed by atoms with van der Waals surface area (Å²) in [5.41, 5.74) is 8.68. The van der Waals surface area contributed by atoms with Crippen LogP contribution in [0.15, 0.2) is 5.11 Å². The highest BCUT2D eigenvalue weighted by molar-refractivity contribution is 4.90. The zero-order valence-corrected chi connectivity index (χ0v) is 17.7. The average molecular weight is 384 g/mol. The van der Waals surface area contributed by atoms with E-state index in [9.17, 15) is 5.11 Å². The van der Waals surface area contributed by atoms with Gasteiger partial charge in [-0.1, -0.05) is 89.1 Å². The molecular weight excluding hydrogens is 342 g/mol. The lowest BCUT2D eigenvalue weighted by Gasteiger charge is -2.21. The third kappa shape index (κ3) is 10.3. The maximum atomic E-state index is 9.48. The number of ether oxygens (including phenoxy) is 2. The molecule has 1 saturated heterocycles. The first-order chi connectivity index (χ1) is 13.0. The highest BCUT2D eigenvalue weighted by atomic mass is 16.8. The molecule has 0 saturated carbocycles. The van der Waals surface area contributed by atoms with Gasteiger partial charge in [0.25, 0.3) is 0 Å². The van der Waals surface area contributed by atoms with Crippen molar-refractivity contribution in [3.63, 3.8) is 0 Å². The topological polar surface area (TPSA) is 87.5 Å². The molecule has 1 aliphatic rings. The Balaban J connectivity index is 2.13. The van der Waals surface area contributed by atoms with Crippen molar-refractivity contribution in [3.8, 4) is 0 Å². The summed E-state index contributed by atoms with van der Waals surface area (Å²) in [6.07, 6.45) is 16.2. The van der Waals surface area contributed by atoms with Crippen molar-refractivity contribution in [2.75, 3.05) is 6.61 Å². The van der Waals surface area contributed by atoms with Gasteiger partial charge < -0.3 is 14.6 Å². The minimum Gasteiger partial charge on any atom is -0.396 e. The average Bonchev–Trinajstić information content (AvgIpc) is 2.95. The van der Waals surface area contributed by atoms with Crippen molar-refractivity contribution in [3.05, 3.63) is 10.4 Å². The molecule has 0 bridgehead atoms. The zero-order chi connectivity index (χ0) is 20.0. The van der Waals surface area contributed by atoms with E-state index in [1.807, 2.05) is 13.8 Å². The molecule has 0 amide bonds. The molecule has 0 aromatic heterocycles. The number of aliphatic hydroxyl groups excluding tert-OH is 1. The van der Waals surface area contributed by atoms with Crippen molar-refractivity contribution in [2.24, 2.45) is 5.11 Å². The van der Waals surface area contributed by atoms with Crippen LogP contribution in [0.2, 0.25) is 0 Å². The highest BCUT2D eigenvalue weighted by Gasteiger charge is 2.44. The highest BCUT2D eigenvalue weighted by Crippen LogP contribution is 2.33. The summed E-state index contributed by atoms with van der Waals surface area (Å²) in [6.45, 7) is 5.78. The van der Waals surface area contributed by atoms with Gasteiger partial charge in [0, 0.05) is 4.91 Å². The molecule has 6 nitrogen and oxygen atoms in total. The number of aliphatic hydroxyl groups is 1. The summed E-state index contributed by atoms with van der Waals surface area (Å²) in [4.78, 5) is 2.83. The molecule has 1 unspecified atom stereocenters. The number of rotatable bonds is 16. The third-order valence-electron chi connectivity index (χ3n) is 5.33. The Kier molecular flexibility index (Phi) is 12.8. The Morgan fingerprint density at radius 1 is 0.926 bits per heavy atom. The van der Waals surface area contributed by atoms with Crippen molar-refractivity contribution >= 4 is 0 Å². The van der Waals surface area contributed by atoms with Crippen molar-refractivity contribution in [2.45, 2.75) is 128 Å². The van der Waals surface area contributed by atoms with Gasteiger partial charge in [-0.2, -0.15) is 0 Å². The van der Waals surface area contributed by atoms with E-state index in [1.165, 1.54) is 70.6 Å². The smallest absolute Gasteiger partial charge is 0.163 e. The van der Waals surface area contributed by atoms with E-state index in [1.54, 1.807) is 0 Å². The molecule has 3 atom stereocenters. The van der Waals surface area contributed by atoms with Gasteiger partial charge in [0.2, 0.25) is 0 Å². The molecule has 0 aromatic carbocycles. The van der Waals surface area contributed by atoms with E-state index in [4.69, 9.17) is 15.0 Å². The largest absolute Gasteiger partial charge is 0.396 e. The first kappa shape index (κ1) is 24.2. The number of nitrogens with zero attached hydrogens (tertiary/aromatic N) is 3. The lowest BCUT2D eigenvalue weighted by molar-refractivity contribution is -0.148. The molecule has 6 heteroatoms. The molecule has 0 aliphatic carbocycles. The van der Waals surface area contributed by atoms with Crippen LogP contribution in [0.1, 0.15) is 104 Å². The summed E-state index contributed by atoms with van der Waals surface area (Å²) < 4.78 is 11.9. The van der Waals surface area contributed by atoms with E-state index in [0.29, 0.717) is 0 Å². The molecule has 1 rings (SSSR count). The molecule has 1 fully saturated rings. The van der Waals surface area contributed by atoms with Crippen LogP contribution in [-0.2, 0) is 9.47 Å². The predicted octanol–water partition coefficient (Wildman–Crippen LogP) is 6.27. The van der Waals surface area contributed by atoms with Gasteiger partial charge in [-0.15, -0.1) is 0 Å². The van der Waals surface area contributed by atoms with Crippen molar-refractivity contribution in [1.29, 1.82) is 0 Å². The minimum absolute atomic E-state index is 0.120.